The number of carbonyl (C=O) groups excluding carboxylic acids is 2. The van der Waals surface area contributed by atoms with Gasteiger partial charge in [0.2, 0.25) is 5.91 Å². The number of carbonyl (C=O) groups is 2. The van der Waals surface area contributed by atoms with Gasteiger partial charge < -0.3 is 14.5 Å². The fourth-order valence-electron chi connectivity index (χ4n) is 3.46. The number of alkyl halides is 1. The summed E-state index contributed by atoms with van der Waals surface area (Å²) >= 11 is 5.62. The van der Waals surface area contributed by atoms with Gasteiger partial charge in [0.1, 0.15) is 0 Å². The van der Waals surface area contributed by atoms with Gasteiger partial charge in [-0.3, -0.25) is 9.59 Å². The Hall–Kier alpha value is -2.45. The zero-order valence-electron chi connectivity index (χ0n) is 16.3. The SMILES string of the molecule is O=NN(C(=O)CCCCCl)c1ccc(N2CCC=C(N3CCOCC3)C2=O)cc1. The van der Waals surface area contributed by atoms with Crippen LogP contribution in [0, 0.1) is 4.91 Å². The van der Waals surface area contributed by atoms with Crippen molar-refractivity contribution >= 4 is 34.8 Å². The zero-order valence-corrected chi connectivity index (χ0v) is 17.0. The molecule has 0 radical (unpaired) electrons. The van der Waals surface area contributed by atoms with Crippen LogP contribution in [-0.4, -0.2) is 55.4 Å². The summed E-state index contributed by atoms with van der Waals surface area (Å²) in [7, 11) is 0. The highest BCUT2D eigenvalue weighted by molar-refractivity contribution is 6.17. The molecule has 0 unspecified atom stereocenters. The largest absolute Gasteiger partial charge is 0.378 e. The van der Waals surface area contributed by atoms with E-state index in [2.05, 4.69) is 10.2 Å². The number of nitrogens with zero attached hydrogens (tertiary/aromatic N) is 4. The molecular weight excluding hydrogens is 396 g/mol. The van der Waals surface area contributed by atoms with Crippen molar-refractivity contribution in [2.75, 3.05) is 48.6 Å². The van der Waals surface area contributed by atoms with Gasteiger partial charge in [0.15, 0.2) is 0 Å². The molecule has 1 fully saturated rings. The summed E-state index contributed by atoms with van der Waals surface area (Å²) in [5, 5.41) is 3.72. The molecule has 1 aromatic rings. The van der Waals surface area contributed by atoms with Crippen LogP contribution in [-0.2, 0) is 14.3 Å². The quantitative estimate of drug-likeness (QED) is 0.279. The van der Waals surface area contributed by atoms with Crippen molar-refractivity contribution in [3.8, 4) is 0 Å². The van der Waals surface area contributed by atoms with E-state index in [-0.39, 0.29) is 18.2 Å². The van der Waals surface area contributed by atoms with Crippen molar-refractivity contribution in [3.63, 3.8) is 0 Å². The summed E-state index contributed by atoms with van der Waals surface area (Å²) in [6, 6.07) is 6.74. The summed E-state index contributed by atoms with van der Waals surface area (Å²) in [4.78, 5) is 40.1. The van der Waals surface area contributed by atoms with Crippen molar-refractivity contribution in [1.29, 1.82) is 0 Å². The summed E-state index contributed by atoms with van der Waals surface area (Å²) in [6.45, 7) is 3.23. The summed E-state index contributed by atoms with van der Waals surface area (Å²) in [6.07, 6.45) is 4.26. The van der Waals surface area contributed by atoms with Gasteiger partial charge in [-0.05, 0) is 43.5 Å². The molecule has 0 spiro atoms. The third-order valence-corrected chi connectivity index (χ3v) is 5.27. The number of ether oxygens (including phenoxy) is 1. The Morgan fingerprint density at radius 2 is 1.86 bits per heavy atom. The number of amides is 2. The second-order valence-electron chi connectivity index (χ2n) is 6.88. The van der Waals surface area contributed by atoms with Crippen LogP contribution in [0.4, 0.5) is 11.4 Å². The summed E-state index contributed by atoms with van der Waals surface area (Å²) in [5.41, 5.74) is 1.81. The van der Waals surface area contributed by atoms with Crippen LogP contribution in [0.25, 0.3) is 0 Å². The zero-order chi connectivity index (χ0) is 20.6. The first-order valence-corrected chi connectivity index (χ1v) is 10.4. The number of morpholine rings is 1. The van der Waals surface area contributed by atoms with E-state index in [1.165, 1.54) is 0 Å². The number of hydrogen-bond donors (Lipinski definition) is 0. The molecule has 29 heavy (non-hydrogen) atoms. The molecule has 2 aliphatic heterocycles. The molecule has 3 rings (SSSR count). The smallest absolute Gasteiger partial charge is 0.274 e. The van der Waals surface area contributed by atoms with Gasteiger partial charge in [0.25, 0.3) is 5.91 Å². The maximum atomic E-state index is 13.0. The van der Waals surface area contributed by atoms with Gasteiger partial charge in [0.05, 0.1) is 29.9 Å². The van der Waals surface area contributed by atoms with Crippen molar-refractivity contribution in [1.82, 2.24) is 4.90 Å². The average Bonchev–Trinajstić information content (AvgIpc) is 2.76. The van der Waals surface area contributed by atoms with Crippen LogP contribution < -0.4 is 9.91 Å². The predicted molar refractivity (Wildman–Crippen MR) is 112 cm³/mol. The molecule has 2 aliphatic rings. The molecule has 2 amide bonds. The summed E-state index contributed by atoms with van der Waals surface area (Å²) in [5.74, 6) is 0.0548. The van der Waals surface area contributed by atoms with E-state index < -0.39 is 0 Å². The maximum absolute atomic E-state index is 13.0. The Kier molecular flexibility index (Phi) is 7.60. The van der Waals surface area contributed by atoms with E-state index in [4.69, 9.17) is 16.3 Å². The molecule has 8 nitrogen and oxygen atoms in total. The number of rotatable bonds is 8. The molecule has 2 heterocycles. The number of nitroso groups, excluding NO2 is 1. The minimum atomic E-state index is -0.371. The van der Waals surface area contributed by atoms with Gasteiger partial charge in [-0.2, -0.15) is 5.01 Å². The summed E-state index contributed by atoms with van der Waals surface area (Å²) < 4.78 is 5.37. The molecule has 0 aromatic heterocycles. The third-order valence-electron chi connectivity index (χ3n) is 5.00. The molecule has 0 bridgehead atoms. The predicted octanol–water partition coefficient (Wildman–Crippen LogP) is 3.06. The Morgan fingerprint density at radius 3 is 2.52 bits per heavy atom. The monoisotopic (exact) mass is 420 g/mol. The number of halogens is 1. The lowest BCUT2D eigenvalue weighted by atomic mass is 10.1. The maximum Gasteiger partial charge on any atom is 0.274 e. The molecule has 0 N–H and O–H groups in total. The lowest BCUT2D eigenvalue weighted by Gasteiger charge is -2.35. The molecular formula is C20H25ClN4O4. The molecule has 0 atom stereocenters. The normalized spacial score (nSPS) is 17.1. The fourth-order valence-corrected chi connectivity index (χ4v) is 3.65. The third kappa shape index (κ3) is 5.13. The van der Waals surface area contributed by atoms with Gasteiger partial charge in [-0.25, -0.2) is 0 Å². The van der Waals surface area contributed by atoms with Gasteiger partial charge >= 0.3 is 0 Å². The van der Waals surface area contributed by atoms with Gasteiger partial charge in [0, 0.05) is 37.6 Å². The Labute approximate surface area is 175 Å². The number of unbranched alkanes of at least 4 members (excludes halogenated alkanes) is 1. The fraction of sp³-hybridized carbons (Fsp3) is 0.500. The molecule has 156 valence electrons. The van der Waals surface area contributed by atoms with Crippen molar-refractivity contribution in [2.24, 2.45) is 5.29 Å². The standard InChI is InChI=1S/C20H25ClN4O4/c21-10-2-1-5-19(26)25(22-28)17-8-6-16(7-9-17)24-11-3-4-18(20(24)27)23-12-14-29-15-13-23/h4,6-9H,1-3,5,10-15H2. The molecule has 9 heteroatoms. The number of hydrogen-bond acceptors (Lipinski definition) is 6. The van der Waals surface area contributed by atoms with Crippen LogP contribution in [0.3, 0.4) is 0 Å². The first-order valence-electron chi connectivity index (χ1n) is 9.82. The molecule has 0 aliphatic carbocycles. The highest BCUT2D eigenvalue weighted by atomic mass is 35.5. The van der Waals surface area contributed by atoms with Crippen LogP contribution >= 0.6 is 11.6 Å². The topological polar surface area (TPSA) is 82.5 Å². The Bertz CT molecular complexity index is 762. The van der Waals surface area contributed by atoms with E-state index in [1.807, 2.05) is 6.08 Å². The van der Waals surface area contributed by atoms with E-state index in [0.29, 0.717) is 63.0 Å². The Balaban J connectivity index is 1.69. The van der Waals surface area contributed by atoms with E-state index in [9.17, 15) is 14.5 Å². The van der Waals surface area contributed by atoms with Crippen molar-refractivity contribution in [2.45, 2.75) is 25.7 Å². The van der Waals surface area contributed by atoms with Crippen LogP contribution in [0.15, 0.2) is 41.3 Å². The highest BCUT2D eigenvalue weighted by Gasteiger charge is 2.28. The minimum absolute atomic E-state index is 0.0478. The first-order chi connectivity index (χ1) is 14.2. The second-order valence-corrected chi connectivity index (χ2v) is 7.26. The van der Waals surface area contributed by atoms with E-state index in [1.54, 1.807) is 29.2 Å². The number of benzene rings is 1. The molecule has 0 saturated carbocycles. The van der Waals surface area contributed by atoms with E-state index >= 15 is 0 Å². The van der Waals surface area contributed by atoms with Crippen molar-refractivity contribution < 1.29 is 14.3 Å². The van der Waals surface area contributed by atoms with Crippen molar-refractivity contribution in [3.05, 3.63) is 40.9 Å². The molecule has 1 aromatic carbocycles. The van der Waals surface area contributed by atoms with Gasteiger partial charge in [-0.1, -0.05) is 6.08 Å². The lowest BCUT2D eigenvalue weighted by molar-refractivity contribution is -0.119. The highest BCUT2D eigenvalue weighted by Crippen LogP contribution is 2.26. The average molecular weight is 421 g/mol. The van der Waals surface area contributed by atoms with Crippen LogP contribution in [0.5, 0.6) is 0 Å². The first kappa shape index (κ1) is 21.3. The van der Waals surface area contributed by atoms with Gasteiger partial charge in [-0.15, -0.1) is 16.5 Å². The van der Waals surface area contributed by atoms with E-state index in [0.717, 1.165) is 17.1 Å². The van der Waals surface area contributed by atoms with Crippen LogP contribution in [0.2, 0.25) is 0 Å². The van der Waals surface area contributed by atoms with Crippen LogP contribution in [0.1, 0.15) is 25.7 Å². The number of anilines is 2. The Morgan fingerprint density at radius 1 is 1.14 bits per heavy atom. The molecule has 1 saturated heterocycles. The minimum Gasteiger partial charge on any atom is -0.378 e. The second kappa shape index (κ2) is 10.4. The lowest BCUT2D eigenvalue weighted by Crippen LogP contribution is -2.45.